The van der Waals surface area contributed by atoms with Crippen LogP contribution in [-0.2, 0) is 14.9 Å². The normalized spacial score (nSPS) is 18.0. The quantitative estimate of drug-likeness (QED) is 0.343. The van der Waals surface area contributed by atoms with Gasteiger partial charge in [0.15, 0.2) is 5.96 Å². The Hall–Kier alpha value is -0.280. The van der Waals surface area contributed by atoms with Gasteiger partial charge in [-0.05, 0) is 37.5 Å². The highest BCUT2D eigenvalue weighted by atomic mass is 127. The SMILES string of the molecule is CN=C(NCC1(c2ccc(Cl)cc2Cl)CCOCC1)NC(C)COC.I. The molecule has 2 rings (SSSR count). The molecule has 1 saturated heterocycles. The fraction of sp³-hybridized carbons (Fsp3) is 0.611. The third kappa shape index (κ3) is 6.41. The summed E-state index contributed by atoms with van der Waals surface area (Å²) in [5, 5.41) is 8.12. The van der Waals surface area contributed by atoms with Gasteiger partial charge < -0.3 is 20.1 Å². The predicted octanol–water partition coefficient (Wildman–Crippen LogP) is 3.86. The molecule has 1 heterocycles. The van der Waals surface area contributed by atoms with Gasteiger partial charge in [0, 0.05) is 55.4 Å². The topological polar surface area (TPSA) is 54.9 Å². The highest BCUT2D eigenvalue weighted by Crippen LogP contribution is 2.39. The van der Waals surface area contributed by atoms with E-state index < -0.39 is 0 Å². The Kier molecular flexibility index (Phi) is 10.5. The van der Waals surface area contributed by atoms with Gasteiger partial charge in [-0.1, -0.05) is 29.3 Å². The molecule has 1 aliphatic rings. The highest BCUT2D eigenvalue weighted by molar-refractivity contribution is 14.0. The second kappa shape index (κ2) is 11.5. The first-order valence-electron chi connectivity index (χ1n) is 8.50. The second-order valence-corrected chi connectivity index (χ2v) is 7.29. The van der Waals surface area contributed by atoms with Gasteiger partial charge in [-0.3, -0.25) is 4.99 Å². The minimum absolute atomic E-state index is 0. The summed E-state index contributed by atoms with van der Waals surface area (Å²) in [6, 6.07) is 5.90. The van der Waals surface area contributed by atoms with Crippen molar-refractivity contribution < 1.29 is 9.47 Å². The summed E-state index contributed by atoms with van der Waals surface area (Å²) in [5.41, 5.74) is 0.997. The maximum absolute atomic E-state index is 6.51. The molecule has 0 saturated carbocycles. The summed E-state index contributed by atoms with van der Waals surface area (Å²) >= 11 is 12.6. The Balaban J connectivity index is 0.00000338. The van der Waals surface area contributed by atoms with Crippen LogP contribution in [0.1, 0.15) is 25.3 Å². The van der Waals surface area contributed by atoms with Crippen molar-refractivity contribution in [3.05, 3.63) is 33.8 Å². The first-order valence-corrected chi connectivity index (χ1v) is 9.26. The van der Waals surface area contributed by atoms with E-state index in [1.165, 1.54) is 0 Å². The van der Waals surface area contributed by atoms with Crippen molar-refractivity contribution in [1.82, 2.24) is 10.6 Å². The summed E-state index contributed by atoms with van der Waals surface area (Å²) in [4.78, 5) is 4.31. The molecule has 1 aromatic rings. The average Bonchev–Trinajstić information content (AvgIpc) is 2.59. The number of rotatable bonds is 6. The fourth-order valence-electron chi connectivity index (χ4n) is 3.20. The lowest BCUT2D eigenvalue weighted by Crippen LogP contribution is -2.50. The molecule has 0 radical (unpaired) electrons. The van der Waals surface area contributed by atoms with Gasteiger partial charge >= 0.3 is 0 Å². The van der Waals surface area contributed by atoms with Crippen molar-refractivity contribution in [3.63, 3.8) is 0 Å². The van der Waals surface area contributed by atoms with E-state index >= 15 is 0 Å². The molecular formula is C18H28Cl2IN3O2. The first kappa shape index (κ1) is 23.8. The Bertz CT molecular complexity index is 596. The smallest absolute Gasteiger partial charge is 0.191 e. The number of guanidine groups is 1. The lowest BCUT2D eigenvalue weighted by Gasteiger charge is -2.39. The van der Waals surface area contributed by atoms with Gasteiger partial charge in [-0.15, -0.1) is 24.0 Å². The zero-order valence-corrected chi connectivity index (χ0v) is 19.3. The van der Waals surface area contributed by atoms with Gasteiger partial charge in [0.25, 0.3) is 0 Å². The van der Waals surface area contributed by atoms with Crippen LogP contribution in [0.5, 0.6) is 0 Å². The number of hydrogen-bond acceptors (Lipinski definition) is 3. The van der Waals surface area contributed by atoms with Crippen LogP contribution in [0, 0.1) is 0 Å². The lowest BCUT2D eigenvalue weighted by atomic mass is 9.74. The van der Waals surface area contributed by atoms with Crippen molar-refractivity contribution in [3.8, 4) is 0 Å². The Labute approximate surface area is 183 Å². The number of nitrogens with zero attached hydrogens (tertiary/aromatic N) is 1. The molecule has 1 atom stereocenters. The fourth-order valence-corrected chi connectivity index (χ4v) is 3.80. The van der Waals surface area contributed by atoms with Gasteiger partial charge in [0.1, 0.15) is 0 Å². The molecule has 148 valence electrons. The average molecular weight is 516 g/mol. The molecule has 1 unspecified atom stereocenters. The number of methoxy groups -OCH3 is 1. The van der Waals surface area contributed by atoms with Gasteiger partial charge in [-0.2, -0.15) is 0 Å². The molecule has 1 fully saturated rings. The van der Waals surface area contributed by atoms with Crippen molar-refractivity contribution in [2.75, 3.05) is 40.5 Å². The van der Waals surface area contributed by atoms with Crippen LogP contribution in [0.25, 0.3) is 0 Å². The molecule has 26 heavy (non-hydrogen) atoms. The third-order valence-corrected chi connectivity index (χ3v) is 5.12. The second-order valence-electron chi connectivity index (χ2n) is 6.44. The molecule has 8 heteroatoms. The van der Waals surface area contributed by atoms with E-state index in [4.69, 9.17) is 32.7 Å². The highest BCUT2D eigenvalue weighted by Gasteiger charge is 2.36. The van der Waals surface area contributed by atoms with E-state index in [9.17, 15) is 0 Å². The molecule has 0 amide bonds. The van der Waals surface area contributed by atoms with Crippen LogP contribution in [0.3, 0.4) is 0 Å². The number of aliphatic imine (C=N–C) groups is 1. The van der Waals surface area contributed by atoms with Crippen LogP contribution < -0.4 is 10.6 Å². The molecule has 5 nitrogen and oxygen atoms in total. The number of benzene rings is 1. The maximum atomic E-state index is 6.51. The van der Waals surface area contributed by atoms with Gasteiger partial charge in [0.05, 0.1) is 6.61 Å². The van der Waals surface area contributed by atoms with Crippen molar-refractivity contribution in [2.24, 2.45) is 4.99 Å². The van der Waals surface area contributed by atoms with E-state index in [1.807, 2.05) is 18.2 Å². The Morgan fingerprint density at radius 2 is 2.04 bits per heavy atom. The van der Waals surface area contributed by atoms with E-state index in [0.717, 1.165) is 30.9 Å². The molecule has 0 spiro atoms. The third-order valence-electron chi connectivity index (χ3n) is 4.57. The number of halogens is 3. The Morgan fingerprint density at radius 1 is 1.35 bits per heavy atom. The first-order chi connectivity index (χ1) is 12.0. The van der Waals surface area contributed by atoms with E-state index in [0.29, 0.717) is 29.9 Å². The minimum atomic E-state index is -0.109. The summed E-state index contributed by atoms with van der Waals surface area (Å²) in [6.45, 7) is 4.82. The molecule has 0 aliphatic carbocycles. The zero-order chi connectivity index (χ0) is 18.3. The van der Waals surface area contributed by atoms with Crippen LogP contribution in [0.15, 0.2) is 23.2 Å². The molecule has 0 bridgehead atoms. The zero-order valence-electron chi connectivity index (χ0n) is 15.5. The van der Waals surface area contributed by atoms with Gasteiger partial charge in [-0.25, -0.2) is 0 Å². The monoisotopic (exact) mass is 515 g/mol. The standard InChI is InChI=1S/C18H27Cl2N3O2.HI/c1-13(11-24-3)23-17(21-2)22-12-18(6-8-25-9-7-18)15-5-4-14(19)10-16(15)20;/h4-5,10,13H,6-9,11-12H2,1-3H3,(H2,21,22,23);1H. The largest absolute Gasteiger partial charge is 0.383 e. The Morgan fingerprint density at radius 3 is 2.62 bits per heavy atom. The predicted molar refractivity (Wildman–Crippen MR) is 119 cm³/mol. The van der Waals surface area contributed by atoms with Crippen LogP contribution >= 0.6 is 47.2 Å². The van der Waals surface area contributed by atoms with Crippen molar-refractivity contribution >= 4 is 53.1 Å². The number of ether oxygens (including phenoxy) is 2. The molecule has 1 aromatic carbocycles. The van der Waals surface area contributed by atoms with Crippen LogP contribution in [0.4, 0.5) is 0 Å². The summed E-state index contributed by atoms with van der Waals surface area (Å²) in [7, 11) is 3.45. The van der Waals surface area contributed by atoms with Crippen molar-refractivity contribution in [2.45, 2.75) is 31.2 Å². The summed E-state index contributed by atoms with van der Waals surface area (Å²) in [5.74, 6) is 0.750. The summed E-state index contributed by atoms with van der Waals surface area (Å²) in [6.07, 6.45) is 1.79. The molecule has 2 N–H and O–H groups in total. The van der Waals surface area contributed by atoms with Crippen LogP contribution in [0.2, 0.25) is 10.0 Å². The van der Waals surface area contributed by atoms with Crippen molar-refractivity contribution in [1.29, 1.82) is 0 Å². The lowest BCUT2D eigenvalue weighted by molar-refractivity contribution is 0.0514. The number of hydrogen-bond donors (Lipinski definition) is 2. The maximum Gasteiger partial charge on any atom is 0.191 e. The van der Waals surface area contributed by atoms with Crippen LogP contribution in [-0.4, -0.2) is 52.5 Å². The van der Waals surface area contributed by atoms with E-state index in [2.05, 4.69) is 22.5 Å². The summed E-state index contributed by atoms with van der Waals surface area (Å²) < 4.78 is 10.7. The van der Waals surface area contributed by atoms with E-state index in [-0.39, 0.29) is 35.4 Å². The molecule has 1 aliphatic heterocycles. The van der Waals surface area contributed by atoms with E-state index in [1.54, 1.807) is 14.2 Å². The minimum Gasteiger partial charge on any atom is -0.383 e. The molecule has 0 aromatic heterocycles. The van der Waals surface area contributed by atoms with Gasteiger partial charge in [0.2, 0.25) is 0 Å². The molecular weight excluding hydrogens is 488 g/mol. The number of nitrogens with one attached hydrogen (secondary N) is 2.